The first-order chi connectivity index (χ1) is 9.11. The Bertz CT molecular complexity index is 454. The van der Waals surface area contributed by atoms with Crippen molar-refractivity contribution in [3.8, 4) is 0 Å². The molecule has 3 nitrogen and oxygen atoms in total. The van der Waals surface area contributed by atoms with Crippen LogP contribution in [0.15, 0.2) is 18.2 Å². The number of nitrogens with one attached hydrogen (secondary N) is 1. The molecule has 0 spiro atoms. The minimum Gasteiger partial charge on any atom is -0.315 e. The van der Waals surface area contributed by atoms with Crippen LogP contribution in [0.25, 0.3) is 0 Å². The third-order valence-corrected chi connectivity index (χ3v) is 3.72. The summed E-state index contributed by atoms with van der Waals surface area (Å²) >= 11 is 0. The molecule has 0 unspecified atom stereocenters. The molecule has 1 aliphatic heterocycles. The van der Waals surface area contributed by atoms with Gasteiger partial charge in [-0.3, -0.25) is 4.79 Å². The number of amides is 1. The summed E-state index contributed by atoms with van der Waals surface area (Å²) in [6.45, 7) is 9.06. The SMILES string of the molecule is Cc1cccc(C(C)C)c1N1CCNCCCC1=O. The Labute approximate surface area is 116 Å². The fraction of sp³-hybridized carbons (Fsp3) is 0.562. The highest BCUT2D eigenvalue weighted by molar-refractivity contribution is 5.95. The summed E-state index contributed by atoms with van der Waals surface area (Å²) < 4.78 is 0. The fourth-order valence-electron chi connectivity index (χ4n) is 2.69. The number of carbonyl (C=O) groups excluding carboxylic acids is 1. The number of anilines is 1. The van der Waals surface area contributed by atoms with Gasteiger partial charge in [-0.1, -0.05) is 32.0 Å². The quantitative estimate of drug-likeness (QED) is 0.887. The van der Waals surface area contributed by atoms with E-state index in [1.807, 2.05) is 4.90 Å². The lowest BCUT2D eigenvalue weighted by molar-refractivity contribution is -0.118. The maximum Gasteiger partial charge on any atom is 0.227 e. The van der Waals surface area contributed by atoms with Crippen molar-refractivity contribution in [2.75, 3.05) is 24.5 Å². The molecule has 2 rings (SSSR count). The van der Waals surface area contributed by atoms with Crippen molar-refractivity contribution in [1.82, 2.24) is 5.32 Å². The van der Waals surface area contributed by atoms with Gasteiger partial charge in [0.05, 0.1) is 5.69 Å². The molecule has 1 aromatic rings. The lowest BCUT2D eigenvalue weighted by Crippen LogP contribution is -2.40. The Morgan fingerprint density at radius 2 is 2.05 bits per heavy atom. The second-order valence-corrected chi connectivity index (χ2v) is 5.57. The summed E-state index contributed by atoms with van der Waals surface area (Å²) in [5.74, 6) is 0.693. The first-order valence-electron chi connectivity index (χ1n) is 7.22. The molecule has 1 aliphatic rings. The highest BCUT2D eigenvalue weighted by Gasteiger charge is 2.22. The van der Waals surface area contributed by atoms with Gasteiger partial charge in [0, 0.05) is 19.5 Å². The van der Waals surface area contributed by atoms with Crippen LogP contribution in [-0.2, 0) is 4.79 Å². The van der Waals surface area contributed by atoms with Gasteiger partial charge in [-0.05, 0) is 36.9 Å². The molecule has 1 saturated heterocycles. The van der Waals surface area contributed by atoms with Crippen LogP contribution in [0, 0.1) is 6.92 Å². The average Bonchev–Trinajstić information content (AvgIpc) is 2.35. The van der Waals surface area contributed by atoms with Crippen LogP contribution < -0.4 is 10.2 Å². The molecule has 1 N–H and O–H groups in total. The largest absolute Gasteiger partial charge is 0.315 e. The zero-order valence-corrected chi connectivity index (χ0v) is 12.2. The number of rotatable bonds is 2. The monoisotopic (exact) mass is 260 g/mol. The summed E-state index contributed by atoms with van der Waals surface area (Å²) in [5, 5.41) is 3.38. The normalized spacial score (nSPS) is 17.5. The number of nitrogens with zero attached hydrogens (tertiary/aromatic N) is 1. The molecule has 0 radical (unpaired) electrons. The standard InChI is InChI=1S/C16H24N2O/c1-12(2)14-7-4-6-13(3)16(14)18-11-10-17-9-5-8-15(18)19/h4,6-7,12,17H,5,8-11H2,1-3H3. The van der Waals surface area contributed by atoms with Crippen LogP contribution >= 0.6 is 0 Å². The summed E-state index contributed by atoms with van der Waals surface area (Å²) in [4.78, 5) is 14.4. The van der Waals surface area contributed by atoms with Crippen LogP contribution in [-0.4, -0.2) is 25.5 Å². The predicted molar refractivity (Wildman–Crippen MR) is 79.7 cm³/mol. The fourth-order valence-corrected chi connectivity index (χ4v) is 2.69. The molecule has 0 aliphatic carbocycles. The van der Waals surface area contributed by atoms with Crippen molar-refractivity contribution in [3.05, 3.63) is 29.3 Å². The van der Waals surface area contributed by atoms with Gasteiger partial charge in [0.1, 0.15) is 0 Å². The van der Waals surface area contributed by atoms with Crippen LogP contribution in [0.2, 0.25) is 0 Å². The Hall–Kier alpha value is -1.35. The molecule has 19 heavy (non-hydrogen) atoms. The number of aryl methyl sites for hydroxylation is 1. The van der Waals surface area contributed by atoms with Crippen molar-refractivity contribution in [3.63, 3.8) is 0 Å². The van der Waals surface area contributed by atoms with Gasteiger partial charge in [-0.25, -0.2) is 0 Å². The number of para-hydroxylation sites is 1. The molecular weight excluding hydrogens is 236 g/mol. The smallest absolute Gasteiger partial charge is 0.227 e. The third kappa shape index (κ3) is 3.16. The zero-order valence-electron chi connectivity index (χ0n) is 12.2. The summed E-state index contributed by atoms with van der Waals surface area (Å²) in [6.07, 6.45) is 1.57. The Kier molecular flexibility index (Phi) is 4.59. The van der Waals surface area contributed by atoms with Crippen molar-refractivity contribution in [1.29, 1.82) is 0 Å². The van der Waals surface area contributed by atoms with Gasteiger partial charge in [-0.2, -0.15) is 0 Å². The molecule has 1 fully saturated rings. The van der Waals surface area contributed by atoms with Gasteiger partial charge in [0.2, 0.25) is 5.91 Å². The van der Waals surface area contributed by atoms with E-state index in [0.717, 1.165) is 31.7 Å². The number of benzene rings is 1. The Morgan fingerprint density at radius 1 is 1.26 bits per heavy atom. The van der Waals surface area contributed by atoms with Crippen molar-refractivity contribution in [2.24, 2.45) is 0 Å². The molecule has 0 atom stereocenters. The van der Waals surface area contributed by atoms with Crippen LogP contribution in [0.1, 0.15) is 43.7 Å². The highest BCUT2D eigenvalue weighted by atomic mass is 16.2. The minimum absolute atomic E-state index is 0.262. The number of carbonyl (C=O) groups is 1. The van der Waals surface area contributed by atoms with E-state index >= 15 is 0 Å². The molecule has 1 aromatic carbocycles. The van der Waals surface area contributed by atoms with Gasteiger partial charge in [0.25, 0.3) is 0 Å². The molecule has 3 heteroatoms. The second-order valence-electron chi connectivity index (χ2n) is 5.57. The van der Waals surface area contributed by atoms with Crippen molar-refractivity contribution >= 4 is 11.6 Å². The maximum absolute atomic E-state index is 12.4. The Balaban J connectivity index is 2.40. The van der Waals surface area contributed by atoms with Crippen LogP contribution in [0.5, 0.6) is 0 Å². The first kappa shape index (κ1) is 14.1. The molecule has 104 valence electrons. The average molecular weight is 260 g/mol. The van der Waals surface area contributed by atoms with Crippen molar-refractivity contribution in [2.45, 2.75) is 39.5 Å². The van der Waals surface area contributed by atoms with E-state index in [2.05, 4.69) is 44.3 Å². The molecule has 0 bridgehead atoms. The zero-order chi connectivity index (χ0) is 13.8. The molecule has 0 aromatic heterocycles. The van der Waals surface area contributed by atoms with E-state index in [9.17, 15) is 4.79 Å². The summed E-state index contributed by atoms with van der Waals surface area (Å²) in [5.41, 5.74) is 3.60. The van der Waals surface area contributed by atoms with E-state index < -0.39 is 0 Å². The van der Waals surface area contributed by atoms with Crippen molar-refractivity contribution < 1.29 is 4.79 Å². The Morgan fingerprint density at radius 3 is 2.79 bits per heavy atom. The lowest BCUT2D eigenvalue weighted by atomic mass is 9.97. The van der Waals surface area contributed by atoms with E-state index in [0.29, 0.717) is 12.3 Å². The maximum atomic E-state index is 12.4. The number of hydrogen-bond donors (Lipinski definition) is 1. The molecule has 1 amide bonds. The molecule has 1 heterocycles. The van der Waals surface area contributed by atoms with E-state index in [1.54, 1.807) is 0 Å². The summed E-state index contributed by atoms with van der Waals surface area (Å²) in [7, 11) is 0. The summed E-state index contributed by atoms with van der Waals surface area (Å²) in [6, 6.07) is 6.33. The topological polar surface area (TPSA) is 32.3 Å². The van der Waals surface area contributed by atoms with Gasteiger partial charge >= 0.3 is 0 Å². The van der Waals surface area contributed by atoms with Crippen LogP contribution in [0.3, 0.4) is 0 Å². The predicted octanol–water partition coefficient (Wildman–Crippen LogP) is 2.83. The molecule has 0 saturated carbocycles. The second kappa shape index (κ2) is 6.20. The van der Waals surface area contributed by atoms with E-state index in [-0.39, 0.29) is 5.91 Å². The minimum atomic E-state index is 0.262. The highest BCUT2D eigenvalue weighted by Crippen LogP contribution is 2.31. The van der Waals surface area contributed by atoms with Gasteiger partial charge < -0.3 is 10.2 Å². The first-order valence-corrected chi connectivity index (χ1v) is 7.22. The van der Waals surface area contributed by atoms with Crippen LogP contribution in [0.4, 0.5) is 5.69 Å². The lowest BCUT2D eigenvalue weighted by Gasteiger charge is -2.30. The van der Waals surface area contributed by atoms with Gasteiger partial charge in [0.15, 0.2) is 0 Å². The third-order valence-electron chi connectivity index (χ3n) is 3.72. The van der Waals surface area contributed by atoms with E-state index in [1.165, 1.54) is 11.1 Å². The van der Waals surface area contributed by atoms with Gasteiger partial charge in [-0.15, -0.1) is 0 Å². The van der Waals surface area contributed by atoms with E-state index in [4.69, 9.17) is 0 Å². The number of hydrogen-bond acceptors (Lipinski definition) is 2. The molecular formula is C16H24N2O.